The minimum atomic E-state index is -4.74. The molecule has 1 aromatic carbocycles. The van der Waals surface area contributed by atoms with E-state index in [1.54, 1.807) is 6.92 Å². The third kappa shape index (κ3) is 3.76. The molecule has 0 fully saturated rings. The van der Waals surface area contributed by atoms with Crippen LogP contribution in [0.2, 0.25) is 0 Å². The van der Waals surface area contributed by atoms with Crippen molar-refractivity contribution in [1.29, 1.82) is 0 Å². The maximum Gasteiger partial charge on any atom is 0.573 e. The smallest absolute Gasteiger partial charge is 0.406 e. The Bertz CT molecular complexity index is 411. The molecule has 0 atom stereocenters. The highest BCUT2D eigenvalue weighted by Gasteiger charge is 2.31. The number of ketones is 1. The second kappa shape index (κ2) is 5.21. The third-order valence-corrected chi connectivity index (χ3v) is 2.32. The number of halogens is 3. The number of benzene rings is 1. The largest absolute Gasteiger partial charge is 0.573 e. The van der Waals surface area contributed by atoms with E-state index >= 15 is 0 Å². The zero-order valence-corrected chi connectivity index (χ0v) is 9.60. The van der Waals surface area contributed by atoms with E-state index in [-0.39, 0.29) is 18.0 Å². The summed E-state index contributed by atoms with van der Waals surface area (Å²) >= 11 is 0. The average molecular weight is 246 g/mol. The summed E-state index contributed by atoms with van der Waals surface area (Å²) in [7, 11) is 0. The summed E-state index contributed by atoms with van der Waals surface area (Å²) in [5.41, 5.74) is 1.03. The van der Waals surface area contributed by atoms with Crippen molar-refractivity contribution in [3.8, 4) is 5.75 Å². The van der Waals surface area contributed by atoms with Crippen LogP contribution in [0.5, 0.6) is 5.75 Å². The molecule has 94 valence electrons. The number of carbonyl (C=O) groups is 1. The summed E-state index contributed by atoms with van der Waals surface area (Å²) < 4.78 is 39.9. The van der Waals surface area contributed by atoms with Gasteiger partial charge < -0.3 is 4.74 Å². The van der Waals surface area contributed by atoms with Gasteiger partial charge in [-0.15, -0.1) is 13.2 Å². The molecule has 0 bridgehead atoms. The average Bonchev–Trinajstić information content (AvgIpc) is 2.25. The molecule has 1 aromatic rings. The normalized spacial score (nSPS) is 11.4. The maximum absolute atomic E-state index is 12.0. The third-order valence-electron chi connectivity index (χ3n) is 2.32. The van der Waals surface area contributed by atoms with Crippen molar-refractivity contribution in [3.05, 3.63) is 29.3 Å². The molecule has 0 aliphatic carbocycles. The molecule has 0 spiro atoms. The number of alkyl halides is 3. The van der Waals surface area contributed by atoms with Crippen LogP contribution in [0.3, 0.4) is 0 Å². The van der Waals surface area contributed by atoms with Crippen molar-refractivity contribution in [1.82, 2.24) is 0 Å². The number of aryl methyl sites for hydroxylation is 1. The number of hydrogen-bond donors (Lipinski definition) is 0. The fourth-order valence-corrected chi connectivity index (χ4v) is 1.51. The predicted octanol–water partition coefficient (Wildman–Crippen LogP) is 3.74. The van der Waals surface area contributed by atoms with E-state index in [0.717, 1.165) is 11.6 Å². The summed E-state index contributed by atoms with van der Waals surface area (Å²) in [4.78, 5) is 11.6. The Morgan fingerprint density at radius 2 is 1.94 bits per heavy atom. The van der Waals surface area contributed by atoms with Crippen molar-refractivity contribution < 1.29 is 22.7 Å². The standard InChI is InChI=1S/C12H13F3O2/c1-3-8-5-6-9(17-12(13,14)15)7-10(8)11(16)4-2/h5-7H,3-4H2,1-2H3. The number of Topliss-reactive ketones (excluding diaryl/α,β-unsaturated/α-hetero) is 1. The van der Waals surface area contributed by atoms with Gasteiger partial charge >= 0.3 is 6.36 Å². The number of rotatable bonds is 4. The summed E-state index contributed by atoms with van der Waals surface area (Å²) in [6, 6.07) is 3.86. The van der Waals surface area contributed by atoms with Crippen LogP contribution in [0, 0.1) is 0 Å². The number of ether oxygens (including phenoxy) is 1. The summed E-state index contributed by atoms with van der Waals surface area (Å²) in [5.74, 6) is -0.541. The lowest BCUT2D eigenvalue weighted by atomic mass is 10.00. The molecule has 0 aromatic heterocycles. The van der Waals surface area contributed by atoms with Gasteiger partial charge in [0.15, 0.2) is 5.78 Å². The van der Waals surface area contributed by atoms with Crippen molar-refractivity contribution in [2.24, 2.45) is 0 Å². The van der Waals surface area contributed by atoms with Crippen molar-refractivity contribution >= 4 is 5.78 Å². The number of hydrogen-bond acceptors (Lipinski definition) is 2. The predicted molar refractivity (Wildman–Crippen MR) is 57.1 cm³/mol. The van der Waals surface area contributed by atoms with E-state index in [0.29, 0.717) is 12.0 Å². The molecule has 1 rings (SSSR count). The number of carbonyl (C=O) groups excluding carboxylic acids is 1. The molecule has 2 nitrogen and oxygen atoms in total. The van der Waals surface area contributed by atoms with Gasteiger partial charge in [-0.25, -0.2) is 0 Å². The molecule has 17 heavy (non-hydrogen) atoms. The van der Waals surface area contributed by atoms with E-state index in [1.807, 2.05) is 6.92 Å². The van der Waals surface area contributed by atoms with Crippen LogP contribution in [-0.4, -0.2) is 12.1 Å². The van der Waals surface area contributed by atoms with Gasteiger partial charge in [-0.1, -0.05) is 19.9 Å². The van der Waals surface area contributed by atoms with Gasteiger partial charge in [-0.3, -0.25) is 4.79 Å². The van der Waals surface area contributed by atoms with Crippen LogP contribution in [-0.2, 0) is 6.42 Å². The minimum Gasteiger partial charge on any atom is -0.406 e. The van der Waals surface area contributed by atoms with Crippen LogP contribution < -0.4 is 4.74 Å². The van der Waals surface area contributed by atoms with Gasteiger partial charge in [0.2, 0.25) is 0 Å². The van der Waals surface area contributed by atoms with Gasteiger partial charge in [-0.05, 0) is 24.1 Å². The highest BCUT2D eigenvalue weighted by atomic mass is 19.4. The summed E-state index contributed by atoms with van der Waals surface area (Å²) in [6.45, 7) is 3.51. The first-order valence-electron chi connectivity index (χ1n) is 5.29. The molecule has 0 saturated carbocycles. The Balaban J connectivity index is 3.09. The molecule has 0 heterocycles. The van der Waals surface area contributed by atoms with Gasteiger partial charge in [0.05, 0.1) is 0 Å². The Kier molecular flexibility index (Phi) is 4.15. The Hall–Kier alpha value is -1.52. The fraction of sp³-hybridized carbons (Fsp3) is 0.417. The van der Waals surface area contributed by atoms with Crippen molar-refractivity contribution in [3.63, 3.8) is 0 Å². The topological polar surface area (TPSA) is 26.3 Å². The van der Waals surface area contributed by atoms with Crippen LogP contribution in [0.1, 0.15) is 36.2 Å². The lowest BCUT2D eigenvalue weighted by Gasteiger charge is -2.12. The molecule has 0 aliphatic heterocycles. The zero-order chi connectivity index (χ0) is 13.1. The molecule has 0 radical (unpaired) electrons. The zero-order valence-electron chi connectivity index (χ0n) is 9.60. The molecular weight excluding hydrogens is 233 g/mol. The Morgan fingerprint density at radius 1 is 1.29 bits per heavy atom. The van der Waals surface area contributed by atoms with Crippen LogP contribution in [0.25, 0.3) is 0 Å². The summed E-state index contributed by atoms with van der Waals surface area (Å²) in [6.07, 6.45) is -3.89. The van der Waals surface area contributed by atoms with E-state index in [2.05, 4.69) is 4.74 Å². The first-order chi connectivity index (χ1) is 7.87. The van der Waals surface area contributed by atoms with Crippen LogP contribution in [0.15, 0.2) is 18.2 Å². The van der Waals surface area contributed by atoms with E-state index in [9.17, 15) is 18.0 Å². The second-order valence-corrected chi connectivity index (χ2v) is 3.50. The Labute approximate surface area is 97.4 Å². The second-order valence-electron chi connectivity index (χ2n) is 3.50. The molecule has 0 N–H and O–H groups in total. The fourth-order valence-electron chi connectivity index (χ4n) is 1.51. The van der Waals surface area contributed by atoms with E-state index in [4.69, 9.17) is 0 Å². The maximum atomic E-state index is 12.0. The highest BCUT2D eigenvalue weighted by molar-refractivity contribution is 5.97. The van der Waals surface area contributed by atoms with Gasteiger partial charge in [0.25, 0.3) is 0 Å². The van der Waals surface area contributed by atoms with Crippen LogP contribution >= 0.6 is 0 Å². The lowest BCUT2D eigenvalue weighted by molar-refractivity contribution is -0.274. The first kappa shape index (κ1) is 13.5. The van der Waals surface area contributed by atoms with Crippen molar-refractivity contribution in [2.75, 3.05) is 0 Å². The monoisotopic (exact) mass is 246 g/mol. The molecule has 0 unspecified atom stereocenters. The molecule has 5 heteroatoms. The minimum absolute atomic E-state index is 0.186. The SMILES string of the molecule is CCC(=O)c1cc(OC(F)(F)F)ccc1CC. The molecular formula is C12H13F3O2. The van der Waals surface area contributed by atoms with E-state index < -0.39 is 6.36 Å². The van der Waals surface area contributed by atoms with Gasteiger partial charge in [0.1, 0.15) is 5.75 Å². The van der Waals surface area contributed by atoms with E-state index in [1.165, 1.54) is 12.1 Å². The molecule has 0 amide bonds. The lowest BCUT2D eigenvalue weighted by Crippen LogP contribution is -2.17. The highest BCUT2D eigenvalue weighted by Crippen LogP contribution is 2.26. The Morgan fingerprint density at radius 3 is 2.41 bits per heavy atom. The van der Waals surface area contributed by atoms with Gasteiger partial charge in [-0.2, -0.15) is 0 Å². The van der Waals surface area contributed by atoms with Gasteiger partial charge in [0, 0.05) is 12.0 Å². The summed E-state index contributed by atoms with van der Waals surface area (Å²) in [5, 5.41) is 0. The molecule has 0 saturated heterocycles. The first-order valence-corrected chi connectivity index (χ1v) is 5.29. The quantitative estimate of drug-likeness (QED) is 0.756. The van der Waals surface area contributed by atoms with Crippen molar-refractivity contribution in [2.45, 2.75) is 33.1 Å². The van der Waals surface area contributed by atoms with Crippen LogP contribution in [0.4, 0.5) is 13.2 Å². The molecule has 0 aliphatic rings.